The van der Waals surface area contributed by atoms with E-state index in [4.69, 9.17) is 12.6 Å². The van der Waals surface area contributed by atoms with Crippen molar-refractivity contribution >= 4 is 25.9 Å². The molecule has 1 aromatic rings. The summed E-state index contributed by atoms with van der Waals surface area (Å²) in [5, 5.41) is 2.13. The van der Waals surface area contributed by atoms with Crippen molar-refractivity contribution in [3.05, 3.63) is 35.9 Å². The number of nitrogens with one attached hydrogen (secondary N) is 1. The van der Waals surface area contributed by atoms with Crippen molar-refractivity contribution in [1.29, 1.82) is 0 Å². The molecule has 0 aromatic heterocycles. The van der Waals surface area contributed by atoms with Gasteiger partial charge in [0.2, 0.25) is 7.85 Å². The maximum Gasteiger partial charge on any atom is 0.308 e. The van der Waals surface area contributed by atoms with Gasteiger partial charge in [0.25, 0.3) is 0 Å². The minimum absolute atomic E-state index is 0.127. The molecule has 0 saturated carbocycles. The maximum absolute atomic E-state index is 11.4. The average molecular weight is 245 g/mol. The van der Waals surface area contributed by atoms with Crippen LogP contribution in [0.15, 0.2) is 30.3 Å². The van der Waals surface area contributed by atoms with E-state index < -0.39 is 17.8 Å². The smallest absolute Gasteiger partial charge is 0.308 e. The van der Waals surface area contributed by atoms with Gasteiger partial charge in [-0.15, -0.1) is 0 Å². The largest absolute Gasteiger partial charge is 0.461 e. The molecule has 92 valence electrons. The van der Waals surface area contributed by atoms with E-state index in [0.29, 0.717) is 6.29 Å². The second-order valence-corrected chi connectivity index (χ2v) is 3.60. The second-order valence-electron chi connectivity index (χ2n) is 3.60. The van der Waals surface area contributed by atoms with E-state index in [1.165, 1.54) is 0 Å². The summed E-state index contributed by atoms with van der Waals surface area (Å²) >= 11 is 0. The standard InChI is InChI=1S/C12H12BNO4/c13-12(17)14-10(7-15)6-11(16)18-8-9-4-2-1-3-5-9/h1-5,7,10H,6,8H2,(H,14,17). The number of ether oxygens (including phenoxy) is 1. The van der Waals surface area contributed by atoms with Gasteiger partial charge in [-0.05, 0) is 5.56 Å². The highest BCUT2D eigenvalue weighted by atomic mass is 16.5. The lowest BCUT2D eigenvalue weighted by Crippen LogP contribution is -2.37. The summed E-state index contributed by atoms with van der Waals surface area (Å²) in [5.41, 5.74) is 0.844. The van der Waals surface area contributed by atoms with Gasteiger partial charge in [0.15, 0.2) is 5.81 Å². The van der Waals surface area contributed by atoms with Crippen LogP contribution >= 0.6 is 0 Å². The lowest BCUT2D eigenvalue weighted by molar-refractivity contribution is -0.146. The SMILES string of the molecule is [B]C(=O)NC(C=O)CC(=O)OCc1ccccc1. The van der Waals surface area contributed by atoms with E-state index in [1.807, 2.05) is 30.3 Å². The quantitative estimate of drug-likeness (QED) is 0.451. The van der Waals surface area contributed by atoms with Crippen LogP contribution in [-0.2, 0) is 20.9 Å². The highest BCUT2D eigenvalue weighted by Gasteiger charge is 2.14. The summed E-state index contributed by atoms with van der Waals surface area (Å²) in [6.45, 7) is 0.127. The van der Waals surface area contributed by atoms with Gasteiger partial charge >= 0.3 is 5.97 Å². The maximum atomic E-state index is 11.4. The van der Waals surface area contributed by atoms with Gasteiger partial charge in [0.1, 0.15) is 12.9 Å². The fourth-order valence-electron chi connectivity index (χ4n) is 1.29. The van der Waals surface area contributed by atoms with Crippen molar-refractivity contribution < 1.29 is 19.1 Å². The van der Waals surface area contributed by atoms with Gasteiger partial charge in [-0.2, -0.15) is 0 Å². The van der Waals surface area contributed by atoms with E-state index in [2.05, 4.69) is 5.32 Å². The third-order valence-electron chi connectivity index (χ3n) is 2.12. The molecule has 1 rings (SSSR count). The molecule has 1 atom stereocenters. The molecular formula is C12H12BNO4. The van der Waals surface area contributed by atoms with Crippen molar-refractivity contribution in [2.24, 2.45) is 0 Å². The molecule has 0 heterocycles. The van der Waals surface area contributed by atoms with Gasteiger partial charge in [0.05, 0.1) is 12.5 Å². The molecule has 1 N–H and O–H groups in total. The number of carbonyl (C=O) groups is 3. The van der Waals surface area contributed by atoms with Crippen molar-refractivity contribution in [2.45, 2.75) is 19.1 Å². The summed E-state index contributed by atoms with van der Waals surface area (Å²) in [4.78, 5) is 32.5. The zero-order chi connectivity index (χ0) is 13.4. The summed E-state index contributed by atoms with van der Waals surface area (Å²) in [6.07, 6.45) is 0.202. The number of hydrogen-bond acceptors (Lipinski definition) is 4. The molecule has 1 unspecified atom stereocenters. The summed E-state index contributed by atoms with van der Waals surface area (Å²) in [6, 6.07) is 8.17. The molecule has 0 aliphatic heterocycles. The first kappa shape index (κ1) is 14.0. The Balaban J connectivity index is 2.37. The Morgan fingerprint density at radius 3 is 2.56 bits per heavy atom. The number of carbonyl (C=O) groups excluding carboxylic acids is 3. The minimum atomic E-state index is -0.953. The monoisotopic (exact) mass is 245 g/mol. The molecule has 1 amide bonds. The molecule has 1 aromatic carbocycles. The minimum Gasteiger partial charge on any atom is -0.461 e. The van der Waals surface area contributed by atoms with Gasteiger partial charge in [-0.1, -0.05) is 30.3 Å². The highest BCUT2D eigenvalue weighted by Crippen LogP contribution is 2.02. The fraction of sp³-hybridized carbons (Fsp3) is 0.250. The van der Waals surface area contributed by atoms with Crippen LogP contribution in [0, 0.1) is 0 Å². The first-order valence-electron chi connectivity index (χ1n) is 5.32. The third-order valence-corrected chi connectivity index (χ3v) is 2.12. The Labute approximate surface area is 106 Å². The molecule has 0 aliphatic rings. The molecule has 0 bridgehead atoms. The van der Waals surface area contributed by atoms with E-state index in [9.17, 15) is 14.4 Å². The number of esters is 1. The van der Waals surface area contributed by atoms with E-state index >= 15 is 0 Å². The van der Waals surface area contributed by atoms with Crippen molar-refractivity contribution in [1.82, 2.24) is 5.32 Å². The number of benzene rings is 1. The predicted octanol–water partition coefficient (Wildman–Crippen LogP) is 0.565. The normalized spacial score (nSPS) is 11.3. The Morgan fingerprint density at radius 1 is 1.33 bits per heavy atom. The van der Waals surface area contributed by atoms with Crippen LogP contribution in [0.25, 0.3) is 0 Å². The molecule has 18 heavy (non-hydrogen) atoms. The van der Waals surface area contributed by atoms with Crippen LogP contribution in [-0.4, -0.2) is 32.0 Å². The van der Waals surface area contributed by atoms with Crippen molar-refractivity contribution in [2.75, 3.05) is 0 Å². The lowest BCUT2D eigenvalue weighted by Gasteiger charge is -2.11. The van der Waals surface area contributed by atoms with Crippen LogP contribution in [0.5, 0.6) is 0 Å². The van der Waals surface area contributed by atoms with Gasteiger partial charge in [-0.3, -0.25) is 9.59 Å². The molecule has 0 saturated heterocycles. The topological polar surface area (TPSA) is 72.5 Å². The van der Waals surface area contributed by atoms with Gasteiger partial charge < -0.3 is 14.8 Å². The molecule has 5 nitrogen and oxygen atoms in total. The number of aldehydes is 1. The van der Waals surface area contributed by atoms with Crippen LogP contribution in [0.2, 0.25) is 0 Å². The van der Waals surface area contributed by atoms with Crippen LogP contribution in [0.3, 0.4) is 0 Å². The van der Waals surface area contributed by atoms with Crippen molar-refractivity contribution in [3.8, 4) is 0 Å². The molecule has 2 radical (unpaired) electrons. The van der Waals surface area contributed by atoms with Gasteiger partial charge in [-0.25, -0.2) is 0 Å². The summed E-state index contributed by atoms with van der Waals surface area (Å²) in [5.74, 6) is -1.44. The third kappa shape index (κ3) is 5.29. The predicted molar refractivity (Wildman–Crippen MR) is 65.0 cm³/mol. The van der Waals surface area contributed by atoms with Crippen LogP contribution in [0.1, 0.15) is 12.0 Å². The summed E-state index contributed by atoms with van der Waals surface area (Å²) < 4.78 is 4.95. The Kier molecular flexibility index (Phi) is 5.63. The second kappa shape index (κ2) is 7.27. The summed E-state index contributed by atoms with van der Waals surface area (Å²) in [7, 11) is 4.85. The van der Waals surface area contributed by atoms with E-state index in [-0.39, 0.29) is 13.0 Å². The zero-order valence-electron chi connectivity index (χ0n) is 9.67. The number of amides is 1. The van der Waals surface area contributed by atoms with Crippen molar-refractivity contribution in [3.63, 3.8) is 0 Å². The Morgan fingerprint density at radius 2 is 2.00 bits per heavy atom. The fourth-order valence-corrected chi connectivity index (χ4v) is 1.29. The highest BCUT2D eigenvalue weighted by molar-refractivity contribution is 6.57. The van der Waals surface area contributed by atoms with Gasteiger partial charge in [0, 0.05) is 0 Å². The van der Waals surface area contributed by atoms with Crippen LogP contribution < -0.4 is 5.32 Å². The van der Waals surface area contributed by atoms with Crippen LogP contribution in [0.4, 0.5) is 4.79 Å². The Hall–Kier alpha value is -2.11. The molecular weight excluding hydrogens is 233 g/mol. The molecule has 6 heteroatoms. The molecule has 0 fully saturated rings. The molecule has 0 aliphatic carbocycles. The number of rotatable bonds is 6. The first-order valence-corrected chi connectivity index (χ1v) is 5.32. The lowest BCUT2D eigenvalue weighted by atomic mass is 10.1. The van der Waals surface area contributed by atoms with E-state index in [1.54, 1.807) is 0 Å². The zero-order valence-corrected chi connectivity index (χ0v) is 9.67. The Bertz CT molecular complexity index is 421. The molecule has 0 spiro atoms. The van der Waals surface area contributed by atoms with E-state index in [0.717, 1.165) is 5.56 Å². The number of hydrogen-bond donors (Lipinski definition) is 1. The first-order chi connectivity index (χ1) is 8.61. The average Bonchev–Trinajstić information content (AvgIpc) is 2.36.